The maximum Gasteiger partial charge on any atom is 0.350 e. The number of hydrogen-bond acceptors (Lipinski definition) is 6. The van der Waals surface area contributed by atoms with E-state index in [1.807, 2.05) is 13.8 Å². The Kier molecular flexibility index (Phi) is 4.32. The molecule has 0 amide bonds. The third-order valence-electron chi connectivity index (χ3n) is 3.83. The molecule has 1 N–H and O–H groups in total. The Balaban J connectivity index is 2.06. The summed E-state index contributed by atoms with van der Waals surface area (Å²) in [6.45, 7) is 8.70. The minimum absolute atomic E-state index is 0.135. The van der Waals surface area contributed by atoms with E-state index in [9.17, 15) is 9.36 Å². The normalized spacial score (nSPS) is 35.7. The zero-order valence-corrected chi connectivity index (χ0v) is 13.5. The van der Waals surface area contributed by atoms with E-state index in [0.717, 1.165) is 0 Å². The van der Waals surface area contributed by atoms with Crippen LogP contribution in [0.1, 0.15) is 40.5 Å². The molecule has 0 aliphatic carbocycles. The highest BCUT2D eigenvalue weighted by atomic mass is 31.2. The Morgan fingerprint density at radius 2 is 1.95 bits per heavy atom. The van der Waals surface area contributed by atoms with Gasteiger partial charge in [-0.3, -0.25) is 14.7 Å². The lowest BCUT2D eigenvalue weighted by Crippen LogP contribution is -2.46. The fraction of sp³-hybridized carbons (Fsp3) is 0.923. The van der Waals surface area contributed by atoms with Crippen molar-refractivity contribution in [3.05, 3.63) is 0 Å². The van der Waals surface area contributed by atoms with Crippen LogP contribution in [0.2, 0.25) is 0 Å². The topological polar surface area (TPSA) is 73.9 Å². The van der Waals surface area contributed by atoms with Crippen molar-refractivity contribution in [3.63, 3.8) is 0 Å². The molecule has 2 saturated heterocycles. The molecule has 0 aromatic rings. The van der Waals surface area contributed by atoms with Crippen molar-refractivity contribution in [3.8, 4) is 0 Å². The molecule has 0 bridgehead atoms. The third-order valence-corrected chi connectivity index (χ3v) is 6.33. The molecular formula is C13H24NO5P. The predicted molar refractivity (Wildman–Crippen MR) is 74.5 cm³/mol. The van der Waals surface area contributed by atoms with Crippen LogP contribution in [-0.2, 0) is 23.1 Å². The van der Waals surface area contributed by atoms with Gasteiger partial charge in [0.1, 0.15) is 11.3 Å². The fourth-order valence-electron chi connectivity index (χ4n) is 2.46. The number of carbonyl (C=O) groups excluding carboxylic acids is 1. The van der Waals surface area contributed by atoms with Gasteiger partial charge in [-0.2, -0.15) is 0 Å². The molecule has 6 nitrogen and oxygen atoms in total. The summed E-state index contributed by atoms with van der Waals surface area (Å²) in [5, 5.41) is 2.28. The van der Waals surface area contributed by atoms with Crippen molar-refractivity contribution in [2.75, 3.05) is 19.8 Å². The number of ether oxygens (including phenoxy) is 1. The lowest BCUT2D eigenvalue weighted by Gasteiger charge is -2.41. The number of esters is 1. The summed E-state index contributed by atoms with van der Waals surface area (Å²) in [5.74, 6) is -0.305. The van der Waals surface area contributed by atoms with Crippen molar-refractivity contribution in [1.29, 1.82) is 0 Å². The molecule has 2 aliphatic heterocycles. The number of carbonyl (C=O) groups is 1. The average molecular weight is 305 g/mol. The first kappa shape index (κ1) is 16.0. The smallest absolute Gasteiger partial charge is 0.350 e. The minimum Gasteiger partial charge on any atom is -0.465 e. The van der Waals surface area contributed by atoms with E-state index in [1.165, 1.54) is 0 Å². The highest BCUT2D eigenvalue weighted by Crippen LogP contribution is 2.65. The number of hydrogen-bond donors (Lipinski definition) is 1. The second-order valence-corrected chi connectivity index (χ2v) is 8.97. The lowest BCUT2D eigenvalue weighted by molar-refractivity contribution is -0.145. The van der Waals surface area contributed by atoms with Crippen molar-refractivity contribution in [2.24, 2.45) is 5.41 Å². The number of rotatable bonds is 3. The molecule has 2 rings (SSSR count). The Hall–Kier alpha value is -0.420. The second-order valence-electron chi connectivity index (χ2n) is 6.47. The molecule has 2 aliphatic rings. The van der Waals surface area contributed by atoms with Gasteiger partial charge in [-0.1, -0.05) is 13.8 Å². The van der Waals surface area contributed by atoms with E-state index in [4.69, 9.17) is 13.8 Å². The summed E-state index contributed by atoms with van der Waals surface area (Å²) < 4.78 is 29.1. The fourth-order valence-corrected chi connectivity index (χ4v) is 4.86. The van der Waals surface area contributed by atoms with Gasteiger partial charge in [0.25, 0.3) is 0 Å². The standard InChI is InChI=1S/C13H24NO5P/c1-5-17-11(15)10-6-7-13(4,14-10)20(16)18-8-12(2,3)9-19-20/h10,14H,5-9H2,1-4H3. The summed E-state index contributed by atoms with van der Waals surface area (Å²) in [6, 6.07) is -0.437. The minimum atomic E-state index is -3.27. The van der Waals surface area contributed by atoms with Crippen LogP contribution >= 0.6 is 7.60 Å². The Morgan fingerprint density at radius 3 is 2.50 bits per heavy atom. The van der Waals surface area contributed by atoms with Crippen LogP contribution in [-0.4, -0.2) is 37.1 Å². The van der Waals surface area contributed by atoms with E-state index in [-0.39, 0.29) is 11.4 Å². The first-order valence-corrected chi connectivity index (χ1v) is 8.59. The maximum atomic E-state index is 12.9. The first-order chi connectivity index (χ1) is 9.21. The molecule has 0 radical (unpaired) electrons. The van der Waals surface area contributed by atoms with Gasteiger partial charge in [0, 0.05) is 5.41 Å². The molecule has 116 valence electrons. The maximum absolute atomic E-state index is 12.9. The summed E-state index contributed by atoms with van der Waals surface area (Å²) in [5.41, 5.74) is -0.135. The molecule has 0 spiro atoms. The van der Waals surface area contributed by atoms with Gasteiger partial charge in [0.15, 0.2) is 0 Å². The van der Waals surface area contributed by atoms with Crippen LogP contribution in [0.5, 0.6) is 0 Å². The Morgan fingerprint density at radius 1 is 1.35 bits per heavy atom. The van der Waals surface area contributed by atoms with Gasteiger partial charge in [0.2, 0.25) is 0 Å². The van der Waals surface area contributed by atoms with Gasteiger partial charge < -0.3 is 13.8 Å². The van der Waals surface area contributed by atoms with Crippen molar-refractivity contribution >= 4 is 13.6 Å². The highest BCUT2D eigenvalue weighted by Gasteiger charge is 2.55. The van der Waals surface area contributed by atoms with E-state index in [1.54, 1.807) is 13.8 Å². The van der Waals surface area contributed by atoms with Gasteiger partial charge in [0.05, 0.1) is 19.8 Å². The number of nitrogens with one attached hydrogen (secondary N) is 1. The second kappa shape index (κ2) is 5.41. The van der Waals surface area contributed by atoms with Crippen LogP contribution in [0.3, 0.4) is 0 Å². The molecule has 0 aromatic carbocycles. The van der Waals surface area contributed by atoms with Crippen molar-refractivity contribution < 1.29 is 23.1 Å². The van der Waals surface area contributed by atoms with Crippen LogP contribution in [0.25, 0.3) is 0 Å². The van der Waals surface area contributed by atoms with Crippen LogP contribution in [0.4, 0.5) is 0 Å². The van der Waals surface area contributed by atoms with Gasteiger partial charge in [-0.05, 0) is 26.7 Å². The van der Waals surface area contributed by atoms with E-state index in [0.29, 0.717) is 32.7 Å². The molecule has 0 saturated carbocycles. The molecule has 7 heteroatoms. The average Bonchev–Trinajstić information content (AvgIpc) is 2.78. The molecule has 2 heterocycles. The van der Waals surface area contributed by atoms with Crippen LogP contribution in [0, 0.1) is 5.41 Å². The van der Waals surface area contributed by atoms with Crippen LogP contribution < -0.4 is 5.32 Å². The summed E-state index contributed by atoms with van der Waals surface area (Å²) in [7, 11) is -3.27. The summed E-state index contributed by atoms with van der Waals surface area (Å²) >= 11 is 0. The summed E-state index contributed by atoms with van der Waals surface area (Å²) in [6.07, 6.45) is 1.14. The SMILES string of the molecule is CCOC(=O)C1CCC(C)(P2(=O)OCC(C)(C)CO2)N1. The zero-order chi connectivity index (χ0) is 15.0. The molecule has 2 unspecified atom stereocenters. The van der Waals surface area contributed by atoms with Crippen molar-refractivity contribution in [1.82, 2.24) is 5.32 Å². The molecule has 0 aromatic heterocycles. The summed E-state index contributed by atoms with van der Waals surface area (Å²) in [4.78, 5) is 11.8. The van der Waals surface area contributed by atoms with Crippen molar-refractivity contribution in [2.45, 2.75) is 51.9 Å². The molecule has 2 fully saturated rings. The zero-order valence-electron chi connectivity index (χ0n) is 12.6. The predicted octanol–water partition coefficient (Wildman–Crippen LogP) is 2.28. The third kappa shape index (κ3) is 2.93. The Bertz CT molecular complexity index is 424. The van der Waals surface area contributed by atoms with Gasteiger partial charge >= 0.3 is 13.6 Å². The van der Waals surface area contributed by atoms with E-state index < -0.39 is 18.9 Å². The van der Waals surface area contributed by atoms with Crippen LogP contribution in [0.15, 0.2) is 0 Å². The largest absolute Gasteiger partial charge is 0.465 e. The monoisotopic (exact) mass is 305 g/mol. The molecular weight excluding hydrogens is 281 g/mol. The van der Waals surface area contributed by atoms with E-state index >= 15 is 0 Å². The van der Waals surface area contributed by atoms with E-state index in [2.05, 4.69) is 5.32 Å². The molecule has 2 atom stereocenters. The molecule has 20 heavy (non-hydrogen) atoms. The highest BCUT2D eigenvalue weighted by molar-refractivity contribution is 7.55. The first-order valence-electron chi connectivity index (χ1n) is 7.05. The quantitative estimate of drug-likeness (QED) is 0.637. The Labute approximate surface area is 120 Å². The van der Waals surface area contributed by atoms with Gasteiger partial charge in [-0.25, -0.2) is 0 Å². The lowest BCUT2D eigenvalue weighted by atomic mass is 9.97. The van der Waals surface area contributed by atoms with Gasteiger partial charge in [-0.15, -0.1) is 0 Å².